The number of rotatable bonds is 8. The molecule has 1 N–H and O–H groups in total. The highest BCUT2D eigenvalue weighted by molar-refractivity contribution is 5.83. The van der Waals surface area contributed by atoms with Crippen LogP contribution in [0.3, 0.4) is 0 Å². The third-order valence-electron chi connectivity index (χ3n) is 5.39. The maximum absolute atomic E-state index is 12.0. The van der Waals surface area contributed by atoms with E-state index in [1.54, 1.807) is 25.5 Å². The van der Waals surface area contributed by atoms with Gasteiger partial charge in [-0.25, -0.2) is 5.43 Å². The molecule has 6 heteroatoms. The number of para-hydroxylation sites is 2. The number of nitrogens with one attached hydrogen (secondary N) is 1. The van der Waals surface area contributed by atoms with E-state index in [-0.39, 0.29) is 12.5 Å². The van der Waals surface area contributed by atoms with Crippen molar-refractivity contribution < 1.29 is 14.3 Å². The largest absolute Gasteiger partial charge is 0.496 e. The molecule has 3 aromatic rings. The first-order valence-electron chi connectivity index (χ1n) is 10.7. The van der Waals surface area contributed by atoms with Gasteiger partial charge in [0.1, 0.15) is 11.5 Å². The smallest absolute Gasteiger partial charge is 0.277 e. The maximum atomic E-state index is 12.0. The fraction of sp³-hybridized carbons (Fsp3) is 0.231. The van der Waals surface area contributed by atoms with Gasteiger partial charge in [0.15, 0.2) is 6.61 Å². The van der Waals surface area contributed by atoms with Crippen LogP contribution < -0.4 is 19.8 Å². The summed E-state index contributed by atoms with van der Waals surface area (Å²) in [6.45, 7) is 1.67. The third-order valence-corrected chi connectivity index (χ3v) is 5.39. The second-order valence-corrected chi connectivity index (χ2v) is 7.62. The van der Waals surface area contributed by atoms with Crippen LogP contribution in [0.4, 0.5) is 5.69 Å². The Kier molecular flexibility index (Phi) is 7.02. The molecule has 0 unspecified atom stereocenters. The number of methoxy groups -OCH3 is 1. The lowest BCUT2D eigenvalue weighted by Crippen LogP contribution is -2.29. The zero-order valence-corrected chi connectivity index (χ0v) is 18.2. The van der Waals surface area contributed by atoms with Crippen LogP contribution in [0.5, 0.6) is 11.5 Å². The van der Waals surface area contributed by atoms with Gasteiger partial charge in [-0.1, -0.05) is 36.4 Å². The van der Waals surface area contributed by atoms with E-state index in [4.69, 9.17) is 9.47 Å². The summed E-state index contributed by atoms with van der Waals surface area (Å²) >= 11 is 0. The van der Waals surface area contributed by atoms with E-state index < -0.39 is 0 Å². The minimum absolute atomic E-state index is 0.0937. The minimum atomic E-state index is -0.316. The van der Waals surface area contributed by atoms with Crippen LogP contribution >= 0.6 is 0 Å². The maximum Gasteiger partial charge on any atom is 0.277 e. The molecule has 0 bridgehead atoms. The fourth-order valence-electron chi connectivity index (χ4n) is 3.86. The van der Waals surface area contributed by atoms with Crippen molar-refractivity contribution in [1.82, 2.24) is 5.43 Å². The summed E-state index contributed by atoms with van der Waals surface area (Å²) < 4.78 is 11.0. The topological polar surface area (TPSA) is 63.2 Å². The number of amides is 1. The van der Waals surface area contributed by atoms with Gasteiger partial charge in [-0.05, 0) is 60.4 Å². The van der Waals surface area contributed by atoms with Crippen molar-refractivity contribution in [3.05, 3.63) is 89.5 Å². The minimum Gasteiger partial charge on any atom is -0.496 e. The average Bonchev–Trinajstić information content (AvgIpc) is 2.84. The van der Waals surface area contributed by atoms with Gasteiger partial charge in [0, 0.05) is 24.3 Å². The number of anilines is 1. The van der Waals surface area contributed by atoms with Gasteiger partial charge in [-0.15, -0.1) is 0 Å². The molecule has 1 aliphatic rings. The molecule has 1 aliphatic heterocycles. The first-order chi connectivity index (χ1) is 15.7. The molecule has 4 rings (SSSR count). The molecular weight excluding hydrogens is 402 g/mol. The predicted octanol–water partition coefficient (Wildman–Crippen LogP) is 4.18. The molecule has 6 nitrogen and oxygen atoms in total. The van der Waals surface area contributed by atoms with E-state index in [1.165, 1.54) is 11.3 Å². The van der Waals surface area contributed by atoms with Gasteiger partial charge in [0.05, 0.1) is 13.3 Å². The van der Waals surface area contributed by atoms with Crippen molar-refractivity contribution in [2.45, 2.75) is 19.4 Å². The van der Waals surface area contributed by atoms with Crippen LogP contribution in [0.2, 0.25) is 0 Å². The standard InChI is InChI=1S/C26H27N3O3/c1-31-25-14-13-20(17-27-28-26(30)19-32-23-10-3-2-4-11-23)16-22(25)18-29-15-7-9-21-8-5-6-12-24(21)29/h2-6,8,10-14,16-17H,7,9,15,18-19H2,1H3,(H,28,30)/b27-17+. The predicted molar refractivity (Wildman–Crippen MR) is 126 cm³/mol. The van der Waals surface area contributed by atoms with Crippen molar-refractivity contribution >= 4 is 17.8 Å². The molecule has 1 heterocycles. The van der Waals surface area contributed by atoms with Crippen LogP contribution in [-0.4, -0.2) is 32.4 Å². The number of carbonyl (C=O) groups excluding carboxylic acids is 1. The summed E-state index contributed by atoms with van der Waals surface area (Å²) in [6, 6.07) is 23.7. The monoisotopic (exact) mass is 429 g/mol. The van der Waals surface area contributed by atoms with Crippen molar-refractivity contribution in [3.63, 3.8) is 0 Å². The highest BCUT2D eigenvalue weighted by atomic mass is 16.5. The lowest BCUT2D eigenvalue weighted by Gasteiger charge is -2.31. The van der Waals surface area contributed by atoms with E-state index >= 15 is 0 Å². The highest BCUT2D eigenvalue weighted by Gasteiger charge is 2.18. The molecule has 0 saturated heterocycles. The number of hydrogen-bond donors (Lipinski definition) is 1. The second-order valence-electron chi connectivity index (χ2n) is 7.62. The molecule has 0 aliphatic carbocycles. The van der Waals surface area contributed by atoms with Crippen LogP contribution in [0.25, 0.3) is 0 Å². The Hall–Kier alpha value is -3.80. The van der Waals surface area contributed by atoms with E-state index in [2.05, 4.69) is 39.7 Å². The first kappa shape index (κ1) is 21.4. The molecule has 32 heavy (non-hydrogen) atoms. The summed E-state index contributed by atoms with van der Waals surface area (Å²) in [5.41, 5.74) is 7.14. The van der Waals surface area contributed by atoms with Crippen molar-refractivity contribution in [1.29, 1.82) is 0 Å². The van der Waals surface area contributed by atoms with E-state index in [0.717, 1.165) is 42.8 Å². The average molecular weight is 430 g/mol. The normalized spacial score (nSPS) is 13.0. The Morgan fingerprint density at radius 3 is 2.75 bits per heavy atom. The van der Waals surface area contributed by atoms with Gasteiger partial charge in [0.25, 0.3) is 5.91 Å². The highest BCUT2D eigenvalue weighted by Crippen LogP contribution is 2.30. The molecule has 0 aromatic heterocycles. The Labute approximate surface area is 188 Å². The van der Waals surface area contributed by atoms with E-state index in [9.17, 15) is 4.79 Å². The third kappa shape index (κ3) is 5.46. The van der Waals surface area contributed by atoms with Gasteiger partial charge in [0.2, 0.25) is 0 Å². The number of aryl methyl sites for hydroxylation is 1. The van der Waals surface area contributed by atoms with Gasteiger partial charge < -0.3 is 14.4 Å². The Morgan fingerprint density at radius 1 is 1.09 bits per heavy atom. The van der Waals surface area contributed by atoms with Crippen LogP contribution in [-0.2, 0) is 17.8 Å². The lowest BCUT2D eigenvalue weighted by molar-refractivity contribution is -0.123. The molecule has 3 aromatic carbocycles. The Morgan fingerprint density at radius 2 is 1.91 bits per heavy atom. The first-order valence-corrected chi connectivity index (χ1v) is 10.7. The quantitative estimate of drug-likeness (QED) is 0.431. The zero-order chi connectivity index (χ0) is 22.2. The van der Waals surface area contributed by atoms with Crippen LogP contribution in [0, 0.1) is 0 Å². The molecule has 0 saturated carbocycles. The molecule has 0 spiro atoms. The van der Waals surface area contributed by atoms with Crippen molar-refractivity contribution in [2.24, 2.45) is 5.10 Å². The lowest BCUT2D eigenvalue weighted by atomic mass is 10.0. The number of fused-ring (bicyclic) bond motifs is 1. The van der Waals surface area contributed by atoms with Crippen LogP contribution in [0.1, 0.15) is 23.1 Å². The van der Waals surface area contributed by atoms with Gasteiger partial charge >= 0.3 is 0 Å². The van der Waals surface area contributed by atoms with Gasteiger partial charge in [-0.2, -0.15) is 5.10 Å². The second kappa shape index (κ2) is 10.5. The zero-order valence-electron chi connectivity index (χ0n) is 18.2. The number of hydrazone groups is 1. The van der Waals surface area contributed by atoms with Crippen LogP contribution in [0.15, 0.2) is 77.9 Å². The van der Waals surface area contributed by atoms with E-state index in [0.29, 0.717) is 5.75 Å². The van der Waals surface area contributed by atoms with Crippen molar-refractivity contribution in [2.75, 3.05) is 25.2 Å². The molecule has 0 atom stereocenters. The fourth-order valence-corrected chi connectivity index (χ4v) is 3.86. The van der Waals surface area contributed by atoms with Crippen molar-refractivity contribution in [3.8, 4) is 11.5 Å². The molecular formula is C26H27N3O3. The van der Waals surface area contributed by atoms with E-state index in [1.807, 2.05) is 36.4 Å². The molecule has 1 amide bonds. The summed E-state index contributed by atoms with van der Waals surface area (Å²) in [5, 5.41) is 4.07. The number of benzene rings is 3. The number of ether oxygens (including phenoxy) is 2. The Bertz CT molecular complexity index is 1080. The number of carbonyl (C=O) groups is 1. The number of nitrogens with zero attached hydrogens (tertiary/aromatic N) is 2. The number of hydrogen-bond acceptors (Lipinski definition) is 5. The van der Waals surface area contributed by atoms with Gasteiger partial charge in [-0.3, -0.25) is 4.79 Å². The molecule has 0 radical (unpaired) electrons. The summed E-state index contributed by atoms with van der Waals surface area (Å²) in [7, 11) is 1.68. The molecule has 0 fully saturated rings. The summed E-state index contributed by atoms with van der Waals surface area (Å²) in [6.07, 6.45) is 3.88. The summed E-state index contributed by atoms with van der Waals surface area (Å²) in [4.78, 5) is 14.4. The Balaban J connectivity index is 1.39. The SMILES string of the molecule is COc1ccc(/C=N/NC(=O)COc2ccccc2)cc1CN1CCCc2ccccc21. The molecule has 164 valence electrons. The summed E-state index contributed by atoms with van der Waals surface area (Å²) in [5.74, 6) is 1.17.